The highest BCUT2D eigenvalue weighted by Crippen LogP contribution is 2.22. The number of methoxy groups -OCH3 is 1. The molecule has 5 nitrogen and oxygen atoms in total. The van der Waals surface area contributed by atoms with Crippen molar-refractivity contribution in [3.05, 3.63) is 64.7 Å². The highest BCUT2D eigenvalue weighted by molar-refractivity contribution is 6.30. The maximum atomic E-state index is 12.9. The molecule has 0 bridgehead atoms. The first-order chi connectivity index (χ1) is 12.9. The van der Waals surface area contributed by atoms with Gasteiger partial charge in [0.1, 0.15) is 5.75 Å². The van der Waals surface area contributed by atoms with E-state index in [-0.39, 0.29) is 18.2 Å². The SMILES string of the molecule is CCN(Cc1cccc(Cl)c1)C(=O)CC(NC(C)=O)c1ccc(OC)cc1. The summed E-state index contributed by atoms with van der Waals surface area (Å²) in [4.78, 5) is 26.2. The third-order valence-corrected chi connectivity index (χ3v) is 4.51. The van der Waals surface area contributed by atoms with Crippen LogP contribution in [0.5, 0.6) is 5.75 Å². The van der Waals surface area contributed by atoms with Crippen LogP contribution < -0.4 is 10.1 Å². The van der Waals surface area contributed by atoms with E-state index in [1.165, 1.54) is 6.92 Å². The quantitative estimate of drug-likeness (QED) is 0.744. The molecule has 0 spiro atoms. The lowest BCUT2D eigenvalue weighted by Gasteiger charge is -2.25. The van der Waals surface area contributed by atoms with Gasteiger partial charge in [-0.3, -0.25) is 9.59 Å². The summed E-state index contributed by atoms with van der Waals surface area (Å²) in [6, 6.07) is 14.4. The summed E-state index contributed by atoms with van der Waals surface area (Å²) in [5.41, 5.74) is 1.83. The first kappa shape index (κ1) is 20.8. The Morgan fingerprint density at radius 1 is 1.19 bits per heavy atom. The molecule has 1 unspecified atom stereocenters. The molecule has 0 saturated carbocycles. The van der Waals surface area contributed by atoms with Crippen molar-refractivity contribution in [3.8, 4) is 5.75 Å². The lowest BCUT2D eigenvalue weighted by atomic mass is 10.0. The Hall–Kier alpha value is -2.53. The van der Waals surface area contributed by atoms with Crippen molar-refractivity contribution >= 4 is 23.4 Å². The monoisotopic (exact) mass is 388 g/mol. The van der Waals surface area contributed by atoms with Gasteiger partial charge in [-0.15, -0.1) is 0 Å². The third kappa shape index (κ3) is 6.29. The Bertz CT molecular complexity index is 777. The number of hydrogen-bond donors (Lipinski definition) is 1. The average molecular weight is 389 g/mol. The third-order valence-electron chi connectivity index (χ3n) is 4.27. The van der Waals surface area contributed by atoms with Crippen molar-refractivity contribution in [2.24, 2.45) is 0 Å². The number of carbonyl (C=O) groups is 2. The van der Waals surface area contributed by atoms with Crippen LogP contribution in [-0.4, -0.2) is 30.4 Å². The Labute approximate surface area is 165 Å². The molecule has 0 saturated heterocycles. The minimum atomic E-state index is -0.394. The number of halogens is 1. The standard InChI is InChI=1S/C21H25ClN2O3/c1-4-24(14-16-6-5-7-18(22)12-16)21(26)13-20(23-15(2)25)17-8-10-19(27-3)11-9-17/h5-12,20H,4,13-14H2,1-3H3,(H,23,25). The molecule has 27 heavy (non-hydrogen) atoms. The van der Waals surface area contributed by atoms with Gasteiger partial charge in [0.15, 0.2) is 0 Å². The molecule has 0 aliphatic carbocycles. The Morgan fingerprint density at radius 2 is 1.89 bits per heavy atom. The van der Waals surface area contributed by atoms with Gasteiger partial charge in [0, 0.05) is 25.0 Å². The largest absolute Gasteiger partial charge is 0.497 e. The average Bonchev–Trinajstić information content (AvgIpc) is 2.65. The second-order valence-electron chi connectivity index (χ2n) is 6.27. The zero-order chi connectivity index (χ0) is 19.8. The van der Waals surface area contributed by atoms with E-state index in [2.05, 4.69) is 5.32 Å². The Morgan fingerprint density at radius 3 is 2.44 bits per heavy atom. The van der Waals surface area contributed by atoms with Crippen molar-refractivity contribution < 1.29 is 14.3 Å². The molecule has 0 aromatic heterocycles. The Balaban J connectivity index is 2.13. The van der Waals surface area contributed by atoms with Gasteiger partial charge in [-0.1, -0.05) is 35.9 Å². The number of nitrogens with zero attached hydrogens (tertiary/aromatic N) is 1. The van der Waals surface area contributed by atoms with Crippen LogP contribution in [0.25, 0.3) is 0 Å². The van der Waals surface area contributed by atoms with E-state index in [0.717, 1.165) is 16.9 Å². The zero-order valence-corrected chi connectivity index (χ0v) is 16.6. The molecule has 1 atom stereocenters. The molecule has 0 heterocycles. The molecule has 0 radical (unpaired) electrons. The van der Waals surface area contributed by atoms with Crippen LogP contribution in [0, 0.1) is 0 Å². The van der Waals surface area contributed by atoms with Crippen LogP contribution >= 0.6 is 11.6 Å². The van der Waals surface area contributed by atoms with E-state index < -0.39 is 6.04 Å². The summed E-state index contributed by atoms with van der Waals surface area (Å²) in [6.45, 7) is 4.43. The first-order valence-corrected chi connectivity index (χ1v) is 9.24. The maximum Gasteiger partial charge on any atom is 0.225 e. The minimum absolute atomic E-state index is 0.0351. The summed E-state index contributed by atoms with van der Waals surface area (Å²) < 4.78 is 5.17. The summed E-state index contributed by atoms with van der Waals surface area (Å²) in [7, 11) is 1.60. The second kappa shape index (κ2) is 9.97. The van der Waals surface area contributed by atoms with Gasteiger partial charge in [-0.2, -0.15) is 0 Å². The molecule has 144 valence electrons. The van der Waals surface area contributed by atoms with Crippen molar-refractivity contribution in [2.45, 2.75) is 32.9 Å². The predicted molar refractivity (Wildman–Crippen MR) is 107 cm³/mol. The fourth-order valence-corrected chi connectivity index (χ4v) is 3.08. The summed E-state index contributed by atoms with van der Waals surface area (Å²) in [6.07, 6.45) is 0.181. The minimum Gasteiger partial charge on any atom is -0.497 e. The molecule has 2 amide bonds. The topological polar surface area (TPSA) is 58.6 Å². The molecular formula is C21H25ClN2O3. The van der Waals surface area contributed by atoms with E-state index in [9.17, 15) is 9.59 Å². The fourth-order valence-electron chi connectivity index (χ4n) is 2.87. The van der Waals surface area contributed by atoms with Crippen LogP contribution in [0.1, 0.15) is 37.4 Å². The molecule has 2 aromatic rings. The summed E-state index contributed by atoms with van der Waals surface area (Å²) in [5.74, 6) is 0.511. The van der Waals surface area contributed by atoms with Crippen molar-refractivity contribution in [1.82, 2.24) is 10.2 Å². The molecule has 6 heteroatoms. The molecule has 0 fully saturated rings. The number of hydrogen-bond acceptors (Lipinski definition) is 3. The van der Waals surface area contributed by atoms with Gasteiger partial charge in [-0.05, 0) is 42.3 Å². The molecule has 2 rings (SSSR count). The fraction of sp³-hybridized carbons (Fsp3) is 0.333. The highest BCUT2D eigenvalue weighted by atomic mass is 35.5. The van der Waals surface area contributed by atoms with Gasteiger partial charge in [0.25, 0.3) is 0 Å². The lowest BCUT2D eigenvalue weighted by molar-refractivity contribution is -0.132. The van der Waals surface area contributed by atoms with Gasteiger partial charge < -0.3 is 15.0 Å². The number of nitrogens with one attached hydrogen (secondary N) is 1. The van der Waals surface area contributed by atoms with E-state index in [1.54, 1.807) is 18.1 Å². The second-order valence-corrected chi connectivity index (χ2v) is 6.70. The van der Waals surface area contributed by atoms with Crippen molar-refractivity contribution in [1.29, 1.82) is 0 Å². The number of ether oxygens (including phenoxy) is 1. The number of benzene rings is 2. The highest BCUT2D eigenvalue weighted by Gasteiger charge is 2.21. The number of amides is 2. The van der Waals surface area contributed by atoms with Crippen LogP contribution in [0.4, 0.5) is 0 Å². The van der Waals surface area contributed by atoms with Crippen molar-refractivity contribution in [2.75, 3.05) is 13.7 Å². The summed E-state index contributed by atoms with van der Waals surface area (Å²) in [5, 5.41) is 3.51. The predicted octanol–water partition coefficient (Wildman–Crippen LogP) is 3.96. The normalized spacial score (nSPS) is 11.6. The van der Waals surface area contributed by atoms with Gasteiger partial charge >= 0.3 is 0 Å². The molecule has 2 aromatic carbocycles. The molecule has 0 aliphatic heterocycles. The zero-order valence-electron chi connectivity index (χ0n) is 15.9. The maximum absolute atomic E-state index is 12.9. The van der Waals surface area contributed by atoms with Crippen LogP contribution in [0.15, 0.2) is 48.5 Å². The molecule has 1 N–H and O–H groups in total. The van der Waals surface area contributed by atoms with Crippen LogP contribution in [0.2, 0.25) is 5.02 Å². The molecular weight excluding hydrogens is 364 g/mol. The Kier molecular flexibility index (Phi) is 7.67. The van der Waals surface area contributed by atoms with E-state index >= 15 is 0 Å². The van der Waals surface area contributed by atoms with Gasteiger partial charge in [-0.25, -0.2) is 0 Å². The van der Waals surface area contributed by atoms with E-state index in [1.807, 2.05) is 49.4 Å². The number of carbonyl (C=O) groups excluding carboxylic acids is 2. The van der Waals surface area contributed by atoms with Crippen molar-refractivity contribution in [3.63, 3.8) is 0 Å². The van der Waals surface area contributed by atoms with E-state index in [4.69, 9.17) is 16.3 Å². The first-order valence-electron chi connectivity index (χ1n) is 8.86. The van der Waals surface area contributed by atoms with Crippen LogP contribution in [0.3, 0.4) is 0 Å². The van der Waals surface area contributed by atoms with Gasteiger partial charge in [0.2, 0.25) is 11.8 Å². The van der Waals surface area contributed by atoms with Crippen LogP contribution in [-0.2, 0) is 16.1 Å². The van der Waals surface area contributed by atoms with E-state index in [0.29, 0.717) is 18.1 Å². The summed E-state index contributed by atoms with van der Waals surface area (Å²) >= 11 is 6.04. The number of rotatable bonds is 8. The lowest BCUT2D eigenvalue weighted by Crippen LogP contribution is -2.35. The molecule has 0 aliphatic rings. The smallest absolute Gasteiger partial charge is 0.225 e. The van der Waals surface area contributed by atoms with Gasteiger partial charge in [0.05, 0.1) is 19.6 Å².